The molecular formula is C22H19ClF3N7O4S. The fourth-order valence-electron chi connectivity index (χ4n) is 3.41. The van der Waals surface area contributed by atoms with Gasteiger partial charge in [-0.15, -0.1) is 11.3 Å². The van der Waals surface area contributed by atoms with E-state index in [-0.39, 0.29) is 65.5 Å². The number of aromatic nitrogens is 3. The maximum absolute atomic E-state index is 13.5. The van der Waals surface area contributed by atoms with E-state index < -0.39 is 29.5 Å². The minimum Gasteiger partial charge on any atom is -0.382 e. The van der Waals surface area contributed by atoms with Gasteiger partial charge in [0, 0.05) is 24.3 Å². The van der Waals surface area contributed by atoms with Gasteiger partial charge in [0.25, 0.3) is 17.7 Å². The third kappa shape index (κ3) is 6.35. The maximum atomic E-state index is 13.5. The zero-order chi connectivity index (χ0) is 27.4. The Morgan fingerprint density at radius 1 is 1.11 bits per heavy atom. The van der Waals surface area contributed by atoms with E-state index in [1.807, 2.05) is 0 Å². The Morgan fingerprint density at radius 2 is 1.84 bits per heavy atom. The Balaban J connectivity index is 1.46. The average molecular weight is 570 g/mol. The van der Waals surface area contributed by atoms with Gasteiger partial charge in [-0.3, -0.25) is 14.4 Å². The lowest BCUT2D eigenvalue weighted by atomic mass is 10.1. The standard InChI is InChI=1S/C22H19ClF3N7O4S/c23-16-17(30-10-31-18(16)27)20(35)29-9-15-28-8-14(38-15)19(34)32-13-6-11(5-12(7-13)22(24,25)26)21(36)33-1-3-37-4-2-33/h5-8,10H,1-4,9H2,(H,29,35)(H,32,34)(H2,27,30,31). The van der Waals surface area contributed by atoms with Crippen LogP contribution in [-0.4, -0.2) is 63.9 Å². The van der Waals surface area contributed by atoms with Crippen molar-refractivity contribution >= 4 is 52.2 Å². The summed E-state index contributed by atoms with van der Waals surface area (Å²) in [6.45, 7) is 0.964. The molecule has 2 aromatic heterocycles. The summed E-state index contributed by atoms with van der Waals surface area (Å²) >= 11 is 6.84. The van der Waals surface area contributed by atoms with Crippen molar-refractivity contribution in [1.29, 1.82) is 0 Å². The molecule has 200 valence electrons. The Bertz CT molecular complexity index is 1380. The van der Waals surface area contributed by atoms with Crippen molar-refractivity contribution in [3.05, 3.63) is 62.5 Å². The van der Waals surface area contributed by atoms with Crippen molar-refractivity contribution in [2.75, 3.05) is 37.4 Å². The molecule has 0 unspecified atom stereocenters. The SMILES string of the molecule is Nc1ncnc(C(=O)NCc2ncc(C(=O)Nc3cc(C(=O)N4CCOCC4)cc(C(F)(F)F)c3)s2)c1Cl. The van der Waals surface area contributed by atoms with E-state index in [0.717, 1.165) is 29.8 Å². The van der Waals surface area contributed by atoms with Crippen LogP contribution in [0.3, 0.4) is 0 Å². The highest BCUT2D eigenvalue weighted by Gasteiger charge is 2.33. The zero-order valence-corrected chi connectivity index (χ0v) is 20.9. The zero-order valence-electron chi connectivity index (χ0n) is 19.3. The number of thiazole rings is 1. The molecule has 0 radical (unpaired) electrons. The molecule has 16 heteroatoms. The lowest BCUT2D eigenvalue weighted by Crippen LogP contribution is -2.40. The fourth-order valence-corrected chi connectivity index (χ4v) is 4.34. The molecule has 0 aliphatic carbocycles. The van der Waals surface area contributed by atoms with Gasteiger partial charge in [-0.05, 0) is 18.2 Å². The summed E-state index contributed by atoms with van der Waals surface area (Å²) in [5.41, 5.74) is 3.92. The first-order valence-corrected chi connectivity index (χ1v) is 12.1. The number of rotatable bonds is 6. The number of carbonyl (C=O) groups is 3. The molecule has 0 bridgehead atoms. The molecule has 4 N–H and O–H groups in total. The number of anilines is 2. The molecule has 11 nitrogen and oxygen atoms in total. The number of alkyl halides is 3. The van der Waals surface area contributed by atoms with Crippen molar-refractivity contribution in [2.45, 2.75) is 12.7 Å². The molecule has 1 aliphatic rings. The normalized spacial score (nSPS) is 13.7. The summed E-state index contributed by atoms with van der Waals surface area (Å²) in [6.07, 6.45) is -2.45. The number of nitrogens with zero attached hydrogens (tertiary/aromatic N) is 4. The molecule has 1 fully saturated rings. The van der Waals surface area contributed by atoms with Crippen LogP contribution in [0.25, 0.3) is 0 Å². The van der Waals surface area contributed by atoms with E-state index in [1.54, 1.807) is 0 Å². The molecule has 0 spiro atoms. The first-order chi connectivity index (χ1) is 18.0. The highest BCUT2D eigenvalue weighted by Crippen LogP contribution is 2.33. The third-order valence-electron chi connectivity index (χ3n) is 5.27. The van der Waals surface area contributed by atoms with E-state index in [1.165, 1.54) is 17.2 Å². The number of nitrogens with two attached hydrogens (primary N) is 1. The predicted octanol–water partition coefficient (Wildman–Crippen LogP) is 2.84. The number of hydrogen-bond donors (Lipinski definition) is 3. The van der Waals surface area contributed by atoms with Gasteiger partial charge in [0.2, 0.25) is 0 Å². The minimum absolute atomic E-state index is 0.0654. The molecule has 3 heterocycles. The molecule has 38 heavy (non-hydrogen) atoms. The van der Waals surface area contributed by atoms with E-state index in [2.05, 4.69) is 25.6 Å². The van der Waals surface area contributed by atoms with E-state index >= 15 is 0 Å². The average Bonchev–Trinajstić information content (AvgIpc) is 3.37. The summed E-state index contributed by atoms with van der Waals surface area (Å²) in [5.74, 6) is -2.05. The van der Waals surface area contributed by atoms with Crippen LogP contribution in [0.2, 0.25) is 5.02 Å². The van der Waals surface area contributed by atoms with Gasteiger partial charge in [0.1, 0.15) is 27.1 Å². The van der Waals surface area contributed by atoms with E-state index in [9.17, 15) is 27.6 Å². The highest BCUT2D eigenvalue weighted by atomic mass is 35.5. The van der Waals surface area contributed by atoms with Crippen LogP contribution in [0.15, 0.2) is 30.7 Å². The van der Waals surface area contributed by atoms with E-state index in [4.69, 9.17) is 22.1 Å². The largest absolute Gasteiger partial charge is 0.416 e. The van der Waals surface area contributed by atoms with Crippen LogP contribution in [0.4, 0.5) is 24.7 Å². The lowest BCUT2D eigenvalue weighted by Gasteiger charge is -2.27. The summed E-state index contributed by atoms with van der Waals surface area (Å²) in [5, 5.41) is 5.13. The second kappa shape index (κ2) is 11.3. The number of hydrogen-bond acceptors (Lipinski definition) is 9. The van der Waals surface area contributed by atoms with Gasteiger partial charge in [0.05, 0.1) is 31.5 Å². The first-order valence-electron chi connectivity index (χ1n) is 10.9. The quantitative estimate of drug-likeness (QED) is 0.410. The summed E-state index contributed by atoms with van der Waals surface area (Å²) in [6, 6.07) is 2.68. The van der Waals surface area contributed by atoms with Crippen LogP contribution in [0, 0.1) is 0 Å². The number of morpholine rings is 1. The van der Waals surface area contributed by atoms with Crippen molar-refractivity contribution in [3.8, 4) is 0 Å². The number of ether oxygens (including phenoxy) is 1. The molecular weight excluding hydrogens is 551 g/mol. The van der Waals surface area contributed by atoms with Crippen molar-refractivity contribution in [3.63, 3.8) is 0 Å². The maximum Gasteiger partial charge on any atom is 0.416 e. The summed E-state index contributed by atoms with van der Waals surface area (Å²) < 4.78 is 45.7. The molecule has 3 amide bonds. The predicted molar refractivity (Wildman–Crippen MR) is 131 cm³/mol. The fraction of sp³-hybridized carbons (Fsp3) is 0.273. The van der Waals surface area contributed by atoms with E-state index in [0.29, 0.717) is 5.01 Å². The Morgan fingerprint density at radius 3 is 2.55 bits per heavy atom. The first kappa shape index (κ1) is 27.2. The van der Waals surface area contributed by atoms with Gasteiger partial charge >= 0.3 is 6.18 Å². The summed E-state index contributed by atoms with van der Waals surface area (Å²) in [7, 11) is 0. The van der Waals surface area contributed by atoms with Gasteiger partial charge < -0.3 is 26.0 Å². The number of halogens is 4. The molecule has 1 aromatic carbocycles. The number of carbonyl (C=O) groups excluding carboxylic acids is 3. The van der Waals surface area contributed by atoms with Crippen molar-refractivity contribution in [2.24, 2.45) is 0 Å². The second-order valence-corrected chi connectivity index (χ2v) is 9.37. The summed E-state index contributed by atoms with van der Waals surface area (Å²) in [4.78, 5) is 50.8. The number of nitrogen functional groups attached to an aromatic ring is 1. The molecule has 1 saturated heterocycles. The number of benzene rings is 1. The van der Waals surface area contributed by atoms with Gasteiger partial charge in [0.15, 0.2) is 5.69 Å². The molecule has 1 aliphatic heterocycles. The molecule has 0 saturated carbocycles. The van der Waals surface area contributed by atoms with Crippen molar-refractivity contribution in [1.82, 2.24) is 25.2 Å². The van der Waals surface area contributed by atoms with Gasteiger partial charge in [-0.2, -0.15) is 13.2 Å². The third-order valence-corrected chi connectivity index (χ3v) is 6.64. The smallest absolute Gasteiger partial charge is 0.382 e. The van der Waals surface area contributed by atoms with Crippen LogP contribution in [0.5, 0.6) is 0 Å². The van der Waals surface area contributed by atoms with Crippen molar-refractivity contribution < 1.29 is 32.3 Å². The minimum atomic E-state index is -4.74. The second-order valence-electron chi connectivity index (χ2n) is 7.88. The highest BCUT2D eigenvalue weighted by molar-refractivity contribution is 7.13. The Labute approximate surface area is 222 Å². The van der Waals surface area contributed by atoms with Gasteiger partial charge in [-0.1, -0.05) is 11.6 Å². The van der Waals surface area contributed by atoms with Crippen LogP contribution in [-0.2, 0) is 17.5 Å². The number of amides is 3. The van der Waals surface area contributed by atoms with Gasteiger partial charge in [-0.25, -0.2) is 15.0 Å². The number of nitrogens with one attached hydrogen (secondary N) is 2. The van der Waals surface area contributed by atoms with Crippen LogP contribution >= 0.6 is 22.9 Å². The topological polar surface area (TPSA) is 152 Å². The molecule has 0 atom stereocenters. The Hall–Kier alpha value is -3.82. The molecule has 3 aromatic rings. The lowest BCUT2D eigenvalue weighted by molar-refractivity contribution is -0.137. The Kier molecular flexibility index (Phi) is 8.08. The van der Waals surface area contributed by atoms with Crippen LogP contribution < -0.4 is 16.4 Å². The molecule has 4 rings (SSSR count). The monoisotopic (exact) mass is 569 g/mol. The van der Waals surface area contributed by atoms with Crippen LogP contribution in [0.1, 0.15) is 41.1 Å².